The Morgan fingerprint density at radius 2 is 2.07 bits per heavy atom. The molecule has 1 aliphatic rings. The van der Waals surface area contributed by atoms with Crippen LogP contribution >= 0.6 is 12.4 Å². The van der Waals surface area contributed by atoms with Crippen LogP contribution in [0.4, 0.5) is 0 Å². The molecule has 0 aliphatic carbocycles. The van der Waals surface area contributed by atoms with Gasteiger partial charge in [0.05, 0.1) is 11.7 Å². The first-order chi connectivity index (χ1) is 12.6. The fourth-order valence-corrected chi connectivity index (χ4v) is 3.22. The van der Waals surface area contributed by atoms with Gasteiger partial charge in [0.1, 0.15) is 12.7 Å². The van der Waals surface area contributed by atoms with Crippen molar-refractivity contribution in [1.82, 2.24) is 35.2 Å². The quantitative estimate of drug-likeness (QED) is 0.713. The molecule has 0 saturated carbocycles. The lowest BCUT2D eigenvalue weighted by atomic mass is 10.0. The molecule has 1 unspecified atom stereocenters. The van der Waals surface area contributed by atoms with Crippen LogP contribution in [0, 0.1) is 0 Å². The fraction of sp³-hybridized carbons (Fsp3) is 0.333. The molecule has 2 aromatic heterocycles. The van der Waals surface area contributed by atoms with Crippen LogP contribution in [0.25, 0.3) is 5.69 Å². The van der Waals surface area contributed by atoms with E-state index < -0.39 is 0 Å². The number of rotatable bonds is 4. The number of carbonyl (C=O) groups excluding carboxylic acids is 1. The first-order valence-electron chi connectivity index (χ1n) is 8.64. The Morgan fingerprint density at radius 3 is 2.78 bits per heavy atom. The van der Waals surface area contributed by atoms with Crippen molar-refractivity contribution in [3.63, 3.8) is 0 Å². The summed E-state index contributed by atoms with van der Waals surface area (Å²) in [6, 6.07) is 7.88. The number of benzene rings is 1. The van der Waals surface area contributed by atoms with Crippen molar-refractivity contribution in [3.05, 3.63) is 59.4 Å². The normalized spacial score (nSPS) is 14.1. The van der Waals surface area contributed by atoms with Gasteiger partial charge in [0.2, 0.25) is 0 Å². The summed E-state index contributed by atoms with van der Waals surface area (Å²) in [6.45, 7) is 3.61. The molecule has 1 aromatic carbocycles. The molecule has 0 bridgehead atoms. The standard InChI is InChI=1S/C18H21N7O.ClH/c1-12(13-3-5-14(6-4-13)25-11-20-10-21-25)24(2)18(26)17-15-9-19-8-7-16(15)22-23-17;/h3-6,10-12,19H,7-9H2,1-2H3,(H,22,23);1H. The second kappa shape index (κ2) is 7.89. The molecule has 4 rings (SSSR count). The maximum absolute atomic E-state index is 12.9. The van der Waals surface area contributed by atoms with E-state index in [4.69, 9.17) is 0 Å². The van der Waals surface area contributed by atoms with E-state index in [1.54, 1.807) is 15.9 Å². The minimum atomic E-state index is -0.0730. The van der Waals surface area contributed by atoms with E-state index in [0.717, 1.165) is 35.5 Å². The molecule has 3 heterocycles. The van der Waals surface area contributed by atoms with Crippen molar-refractivity contribution >= 4 is 18.3 Å². The molecule has 0 radical (unpaired) electrons. The van der Waals surface area contributed by atoms with Crippen LogP contribution in [0.1, 0.15) is 40.3 Å². The Kier molecular flexibility index (Phi) is 5.57. The maximum atomic E-state index is 12.9. The summed E-state index contributed by atoms with van der Waals surface area (Å²) >= 11 is 0. The second-order valence-corrected chi connectivity index (χ2v) is 6.48. The lowest BCUT2D eigenvalue weighted by Crippen LogP contribution is -2.32. The van der Waals surface area contributed by atoms with Crippen LogP contribution in [-0.2, 0) is 13.0 Å². The Morgan fingerprint density at radius 1 is 1.30 bits per heavy atom. The van der Waals surface area contributed by atoms with Gasteiger partial charge >= 0.3 is 0 Å². The van der Waals surface area contributed by atoms with Crippen LogP contribution in [0.3, 0.4) is 0 Å². The molecule has 9 heteroatoms. The number of nitrogens with zero attached hydrogens (tertiary/aromatic N) is 5. The number of hydrogen-bond donors (Lipinski definition) is 2. The number of hydrogen-bond acceptors (Lipinski definition) is 5. The largest absolute Gasteiger partial charge is 0.334 e. The van der Waals surface area contributed by atoms with E-state index in [1.165, 1.54) is 6.33 Å². The lowest BCUT2D eigenvalue weighted by molar-refractivity contribution is 0.0735. The van der Waals surface area contributed by atoms with Crippen LogP contribution < -0.4 is 5.32 Å². The second-order valence-electron chi connectivity index (χ2n) is 6.48. The van der Waals surface area contributed by atoms with Gasteiger partial charge in [-0.3, -0.25) is 9.89 Å². The minimum Gasteiger partial charge on any atom is -0.334 e. The SMILES string of the molecule is CC(c1ccc(-n2cncn2)cc1)N(C)C(=O)c1n[nH]c2c1CNCC2.Cl. The summed E-state index contributed by atoms with van der Waals surface area (Å²) in [5.74, 6) is -0.0703. The van der Waals surface area contributed by atoms with E-state index in [2.05, 4.69) is 25.6 Å². The molecular formula is C18H22ClN7O. The highest BCUT2D eigenvalue weighted by Crippen LogP contribution is 2.24. The molecule has 1 atom stereocenters. The van der Waals surface area contributed by atoms with Crippen LogP contribution in [0.2, 0.25) is 0 Å². The molecule has 27 heavy (non-hydrogen) atoms. The third-order valence-corrected chi connectivity index (χ3v) is 4.97. The van der Waals surface area contributed by atoms with E-state index in [1.807, 2.05) is 38.2 Å². The van der Waals surface area contributed by atoms with Crippen molar-refractivity contribution in [2.24, 2.45) is 0 Å². The molecule has 3 aromatic rings. The van der Waals surface area contributed by atoms with Crippen molar-refractivity contribution in [2.45, 2.75) is 25.9 Å². The topological polar surface area (TPSA) is 91.7 Å². The Hall–Kier alpha value is -2.71. The number of H-pyrrole nitrogens is 1. The summed E-state index contributed by atoms with van der Waals surface area (Å²) in [5, 5.41) is 14.7. The molecule has 0 fully saturated rings. The minimum absolute atomic E-state index is 0. The van der Waals surface area contributed by atoms with Gasteiger partial charge in [-0.15, -0.1) is 12.4 Å². The first-order valence-corrected chi connectivity index (χ1v) is 8.64. The summed E-state index contributed by atoms with van der Waals surface area (Å²) in [4.78, 5) is 18.6. The van der Waals surface area contributed by atoms with Crippen LogP contribution in [0.15, 0.2) is 36.9 Å². The zero-order chi connectivity index (χ0) is 18.1. The number of amides is 1. The molecule has 0 spiro atoms. The highest BCUT2D eigenvalue weighted by atomic mass is 35.5. The van der Waals surface area contributed by atoms with Crippen LogP contribution in [-0.4, -0.2) is 49.4 Å². The number of fused-ring (bicyclic) bond motifs is 1. The number of aromatic amines is 1. The number of aromatic nitrogens is 5. The molecule has 8 nitrogen and oxygen atoms in total. The predicted molar refractivity (Wildman–Crippen MR) is 103 cm³/mol. The molecule has 142 valence electrons. The zero-order valence-electron chi connectivity index (χ0n) is 15.2. The average molecular weight is 388 g/mol. The van der Waals surface area contributed by atoms with Crippen LogP contribution in [0.5, 0.6) is 0 Å². The fourth-order valence-electron chi connectivity index (χ4n) is 3.22. The third kappa shape index (κ3) is 3.58. The Balaban J connectivity index is 0.00000210. The van der Waals surface area contributed by atoms with E-state index in [-0.39, 0.29) is 24.4 Å². The van der Waals surface area contributed by atoms with Crippen molar-refractivity contribution in [2.75, 3.05) is 13.6 Å². The monoisotopic (exact) mass is 387 g/mol. The predicted octanol–water partition coefficient (Wildman–Crippen LogP) is 1.89. The Labute approximate surface area is 163 Å². The van der Waals surface area contributed by atoms with Gasteiger partial charge in [0, 0.05) is 37.8 Å². The summed E-state index contributed by atoms with van der Waals surface area (Å²) in [7, 11) is 1.82. The summed E-state index contributed by atoms with van der Waals surface area (Å²) in [6.07, 6.45) is 4.03. The summed E-state index contributed by atoms with van der Waals surface area (Å²) in [5.41, 5.74) is 4.54. The van der Waals surface area contributed by atoms with E-state index >= 15 is 0 Å². The maximum Gasteiger partial charge on any atom is 0.274 e. The third-order valence-electron chi connectivity index (χ3n) is 4.97. The van der Waals surface area contributed by atoms with Gasteiger partial charge in [-0.05, 0) is 24.6 Å². The number of carbonyl (C=O) groups is 1. The number of nitrogens with one attached hydrogen (secondary N) is 2. The molecule has 1 amide bonds. The van der Waals surface area contributed by atoms with Gasteiger partial charge in [0.15, 0.2) is 5.69 Å². The van der Waals surface area contributed by atoms with Crippen molar-refractivity contribution in [1.29, 1.82) is 0 Å². The Bertz CT molecular complexity index is 904. The molecular weight excluding hydrogens is 366 g/mol. The van der Waals surface area contributed by atoms with E-state index in [9.17, 15) is 4.79 Å². The van der Waals surface area contributed by atoms with Gasteiger partial charge in [-0.2, -0.15) is 10.2 Å². The molecule has 2 N–H and O–H groups in total. The first kappa shape index (κ1) is 19.1. The highest BCUT2D eigenvalue weighted by molar-refractivity contribution is 5.94. The molecule has 1 aliphatic heterocycles. The smallest absolute Gasteiger partial charge is 0.274 e. The zero-order valence-corrected chi connectivity index (χ0v) is 16.0. The molecule has 0 saturated heterocycles. The van der Waals surface area contributed by atoms with Crippen molar-refractivity contribution in [3.8, 4) is 5.69 Å². The van der Waals surface area contributed by atoms with Crippen molar-refractivity contribution < 1.29 is 4.79 Å². The summed E-state index contributed by atoms with van der Waals surface area (Å²) < 4.78 is 1.70. The van der Waals surface area contributed by atoms with Gasteiger partial charge < -0.3 is 10.2 Å². The van der Waals surface area contributed by atoms with Gasteiger partial charge in [-0.1, -0.05) is 12.1 Å². The highest BCUT2D eigenvalue weighted by Gasteiger charge is 2.26. The average Bonchev–Trinajstić information content (AvgIpc) is 3.36. The lowest BCUT2D eigenvalue weighted by Gasteiger charge is -2.25. The number of halogens is 1. The van der Waals surface area contributed by atoms with Gasteiger partial charge in [-0.25, -0.2) is 9.67 Å². The van der Waals surface area contributed by atoms with Gasteiger partial charge in [0.25, 0.3) is 5.91 Å². The van der Waals surface area contributed by atoms with E-state index in [0.29, 0.717) is 12.2 Å².